The first-order valence-electron chi connectivity index (χ1n) is 8.71. The Balaban J connectivity index is 2.10. The molecule has 0 radical (unpaired) electrons. The van der Waals surface area contributed by atoms with Gasteiger partial charge in [-0.1, -0.05) is 0 Å². The Morgan fingerprint density at radius 3 is 2.42 bits per heavy atom. The Morgan fingerprint density at radius 1 is 1.25 bits per heavy atom. The minimum Gasteiger partial charge on any atom is -0.343 e. The third kappa shape index (κ3) is 3.74. The van der Waals surface area contributed by atoms with E-state index < -0.39 is 26.5 Å². The van der Waals surface area contributed by atoms with Gasteiger partial charge in [0.25, 0.3) is 0 Å². The highest BCUT2D eigenvalue weighted by Gasteiger charge is 2.49. The van der Waals surface area contributed by atoms with Gasteiger partial charge in [0.15, 0.2) is 14.6 Å². The lowest BCUT2D eigenvalue weighted by atomic mass is 9.95. The lowest BCUT2D eigenvalue weighted by Crippen LogP contribution is -2.61. The highest BCUT2D eigenvalue weighted by atomic mass is 32.2. The molecule has 0 bridgehead atoms. The first-order valence-corrected chi connectivity index (χ1v) is 10.6. The second-order valence-corrected chi connectivity index (χ2v) is 9.41. The van der Waals surface area contributed by atoms with Crippen LogP contribution < -0.4 is 10.6 Å². The molecule has 0 aromatic heterocycles. The number of carbonyl (C=O) groups excluding carboxylic acids is 2. The molecule has 2 unspecified atom stereocenters. The number of rotatable bonds is 4. The fraction of sp³-hybridized carbons (Fsp3) is 0.875. The van der Waals surface area contributed by atoms with Gasteiger partial charge in [-0.15, -0.1) is 0 Å². The van der Waals surface area contributed by atoms with E-state index in [2.05, 4.69) is 10.6 Å². The van der Waals surface area contributed by atoms with Gasteiger partial charge in [0.2, 0.25) is 11.8 Å². The molecular weight excluding hydrogens is 330 g/mol. The van der Waals surface area contributed by atoms with E-state index in [1.165, 1.54) is 0 Å². The average molecular weight is 359 g/mol. The van der Waals surface area contributed by atoms with Crippen LogP contribution in [0.1, 0.15) is 46.0 Å². The number of hydrogen-bond acceptors (Lipinski definition) is 5. The predicted octanol–water partition coefficient (Wildman–Crippen LogP) is 0.0589. The summed E-state index contributed by atoms with van der Waals surface area (Å²) in [6, 6.07) is -0.556. The van der Waals surface area contributed by atoms with Gasteiger partial charge in [0, 0.05) is 18.8 Å². The number of amides is 2. The largest absolute Gasteiger partial charge is 0.343 e. The van der Waals surface area contributed by atoms with Gasteiger partial charge in [-0.2, -0.15) is 0 Å². The first-order chi connectivity index (χ1) is 11.2. The Hall–Kier alpha value is -1.15. The minimum atomic E-state index is -3.57. The van der Waals surface area contributed by atoms with Gasteiger partial charge in [-0.25, -0.2) is 8.42 Å². The highest BCUT2D eigenvalue weighted by Crippen LogP contribution is 2.28. The van der Waals surface area contributed by atoms with Crippen LogP contribution in [0.3, 0.4) is 0 Å². The summed E-state index contributed by atoms with van der Waals surface area (Å²) < 4.78 is 23.1. The van der Waals surface area contributed by atoms with Crippen molar-refractivity contribution in [3.8, 4) is 0 Å². The number of hydrogen-bond donors (Lipinski definition) is 2. The minimum absolute atomic E-state index is 0.131. The monoisotopic (exact) mass is 359 g/mol. The maximum absolute atomic E-state index is 12.8. The fourth-order valence-electron chi connectivity index (χ4n) is 3.66. The molecule has 24 heavy (non-hydrogen) atoms. The SMILES string of the molecule is CC(NC(=O)C1(S(C)(=O)=O)CCNCC1)C(=O)N1CCCCC1C. The van der Waals surface area contributed by atoms with Gasteiger partial charge < -0.3 is 15.5 Å². The second-order valence-electron chi connectivity index (χ2n) is 7.09. The molecule has 138 valence electrons. The molecule has 2 amide bonds. The van der Waals surface area contributed by atoms with Crippen molar-refractivity contribution >= 4 is 21.7 Å². The number of likely N-dealkylation sites (tertiary alicyclic amines) is 1. The molecule has 2 saturated heterocycles. The van der Waals surface area contributed by atoms with Crippen LogP contribution in [0.4, 0.5) is 0 Å². The molecule has 0 saturated carbocycles. The smallest absolute Gasteiger partial charge is 0.245 e. The summed E-state index contributed by atoms with van der Waals surface area (Å²) >= 11 is 0. The summed E-state index contributed by atoms with van der Waals surface area (Å²) in [5.41, 5.74) is 0. The molecule has 7 nitrogen and oxygen atoms in total. The summed E-state index contributed by atoms with van der Waals surface area (Å²) in [4.78, 5) is 27.2. The van der Waals surface area contributed by atoms with E-state index in [-0.39, 0.29) is 24.8 Å². The van der Waals surface area contributed by atoms with Crippen molar-refractivity contribution in [3.05, 3.63) is 0 Å². The van der Waals surface area contributed by atoms with Gasteiger partial charge >= 0.3 is 0 Å². The molecule has 0 aromatic rings. The molecule has 2 fully saturated rings. The Kier molecular flexibility index (Phi) is 5.91. The quantitative estimate of drug-likeness (QED) is 0.740. The van der Waals surface area contributed by atoms with Crippen molar-refractivity contribution in [2.45, 2.75) is 62.8 Å². The zero-order valence-electron chi connectivity index (χ0n) is 14.8. The maximum Gasteiger partial charge on any atom is 0.245 e. The summed E-state index contributed by atoms with van der Waals surface area (Å²) in [6.07, 6.45) is 4.62. The Labute approximate surface area is 144 Å². The van der Waals surface area contributed by atoms with E-state index in [4.69, 9.17) is 0 Å². The average Bonchev–Trinajstić information content (AvgIpc) is 2.54. The molecule has 2 aliphatic heterocycles. The molecule has 2 heterocycles. The van der Waals surface area contributed by atoms with Crippen LogP contribution in [0.2, 0.25) is 0 Å². The van der Waals surface area contributed by atoms with E-state index >= 15 is 0 Å². The number of sulfone groups is 1. The van der Waals surface area contributed by atoms with E-state index in [9.17, 15) is 18.0 Å². The molecule has 0 aliphatic carbocycles. The number of nitrogens with zero attached hydrogens (tertiary/aromatic N) is 1. The molecule has 2 N–H and O–H groups in total. The van der Waals surface area contributed by atoms with Crippen molar-refractivity contribution in [1.82, 2.24) is 15.5 Å². The summed E-state index contributed by atoms with van der Waals surface area (Å²) in [7, 11) is -3.57. The van der Waals surface area contributed by atoms with Crippen LogP contribution in [0.5, 0.6) is 0 Å². The summed E-state index contributed by atoms with van der Waals surface area (Å²) in [5, 5.41) is 5.76. The summed E-state index contributed by atoms with van der Waals surface area (Å²) in [6.45, 7) is 5.30. The van der Waals surface area contributed by atoms with Crippen LogP contribution in [0.15, 0.2) is 0 Å². The molecule has 8 heteroatoms. The topological polar surface area (TPSA) is 95.6 Å². The first kappa shape index (κ1) is 19.2. The summed E-state index contributed by atoms with van der Waals surface area (Å²) in [5.74, 6) is -0.676. The van der Waals surface area contributed by atoms with Crippen molar-refractivity contribution < 1.29 is 18.0 Å². The normalized spacial score (nSPS) is 25.8. The Bertz CT molecular complexity index is 584. The second kappa shape index (κ2) is 7.39. The molecular formula is C16H29N3O4S. The van der Waals surface area contributed by atoms with Crippen LogP contribution in [0.25, 0.3) is 0 Å². The third-order valence-electron chi connectivity index (χ3n) is 5.34. The lowest BCUT2D eigenvalue weighted by molar-refractivity contribution is -0.139. The zero-order chi connectivity index (χ0) is 18.0. The Morgan fingerprint density at radius 2 is 1.88 bits per heavy atom. The van der Waals surface area contributed by atoms with Crippen molar-refractivity contribution in [2.24, 2.45) is 0 Å². The molecule has 0 spiro atoms. The van der Waals surface area contributed by atoms with Crippen molar-refractivity contribution in [2.75, 3.05) is 25.9 Å². The number of carbonyl (C=O) groups is 2. The van der Waals surface area contributed by atoms with Crippen LogP contribution in [0, 0.1) is 0 Å². The van der Waals surface area contributed by atoms with Gasteiger partial charge in [-0.3, -0.25) is 9.59 Å². The molecule has 2 atom stereocenters. The third-order valence-corrected chi connectivity index (χ3v) is 7.35. The lowest BCUT2D eigenvalue weighted by Gasteiger charge is -2.37. The standard InChI is InChI=1S/C16H29N3O4S/c1-12-6-4-5-11-19(12)14(20)13(2)18-15(21)16(24(3,22)23)7-9-17-10-8-16/h12-13,17H,4-11H2,1-3H3,(H,18,21). The van der Waals surface area contributed by atoms with Gasteiger partial charge in [0.05, 0.1) is 0 Å². The molecule has 2 aliphatic rings. The van der Waals surface area contributed by atoms with E-state index in [1.54, 1.807) is 11.8 Å². The highest BCUT2D eigenvalue weighted by molar-refractivity contribution is 7.92. The van der Waals surface area contributed by atoms with Crippen LogP contribution in [-0.2, 0) is 19.4 Å². The van der Waals surface area contributed by atoms with E-state index in [1.807, 2.05) is 6.92 Å². The van der Waals surface area contributed by atoms with E-state index in [0.29, 0.717) is 19.6 Å². The van der Waals surface area contributed by atoms with E-state index in [0.717, 1.165) is 25.5 Å². The van der Waals surface area contributed by atoms with Crippen LogP contribution in [-0.4, -0.2) is 67.9 Å². The van der Waals surface area contributed by atoms with Crippen LogP contribution >= 0.6 is 0 Å². The zero-order valence-corrected chi connectivity index (χ0v) is 15.6. The molecule has 2 rings (SSSR count). The maximum atomic E-state index is 12.8. The number of piperidine rings is 2. The van der Waals surface area contributed by atoms with Crippen molar-refractivity contribution in [1.29, 1.82) is 0 Å². The van der Waals surface area contributed by atoms with Gasteiger partial charge in [0.1, 0.15) is 6.04 Å². The predicted molar refractivity (Wildman–Crippen MR) is 92.3 cm³/mol. The van der Waals surface area contributed by atoms with Gasteiger partial charge in [-0.05, 0) is 59.0 Å². The molecule has 0 aromatic carbocycles. The van der Waals surface area contributed by atoms with Crippen molar-refractivity contribution in [3.63, 3.8) is 0 Å². The number of nitrogens with one attached hydrogen (secondary N) is 2. The fourth-order valence-corrected chi connectivity index (χ4v) is 5.00.